The predicted octanol–water partition coefficient (Wildman–Crippen LogP) is 5.00. The fourth-order valence-corrected chi connectivity index (χ4v) is 3.89. The van der Waals surface area contributed by atoms with E-state index in [1.54, 1.807) is 6.20 Å². The van der Waals surface area contributed by atoms with E-state index >= 15 is 0 Å². The highest BCUT2D eigenvalue weighted by Crippen LogP contribution is 2.27. The van der Waals surface area contributed by atoms with Gasteiger partial charge in [0.2, 0.25) is 5.95 Å². The van der Waals surface area contributed by atoms with Crippen LogP contribution in [0.4, 0.5) is 5.95 Å². The summed E-state index contributed by atoms with van der Waals surface area (Å²) in [5.74, 6) is 0.641. The average Bonchev–Trinajstić information content (AvgIpc) is 3.13. The van der Waals surface area contributed by atoms with E-state index in [0.29, 0.717) is 5.95 Å². The highest BCUT2D eigenvalue weighted by Gasteiger charge is 2.17. The van der Waals surface area contributed by atoms with E-state index in [1.807, 2.05) is 30.2 Å². The van der Waals surface area contributed by atoms with E-state index in [-0.39, 0.29) is 5.41 Å². The van der Waals surface area contributed by atoms with Gasteiger partial charge in [0.15, 0.2) is 5.65 Å². The lowest BCUT2D eigenvalue weighted by atomic mass is 9.84. The Morgan fingerprint density at radius 1 is 1.09 bits per heavy atom. The predicted molar refractivity (Wildman–Crippen MR) is 130 cm³/mol. The molecule has 1 N–H and O–H groups in total. The van der Waals surface area contributed by atoms with Crippen LogP contribution in [0.1, 0.15) is 55.1 Å². The van der Waals surface area contributed by atoms with Gasteiger partial charge in [-0.2, -0.15) is 4.98 Å². The summed E-state index contributed by atoms with van der Waals surface area (Å²) >= 11 is 0. The van der Waals surface area contributed by atoms with Gasteiger partial charge in [-0.05, 0) is 53.5 Å². The monoisotopic (exact) mass is 428 g/mol. The van der Waals surface area contributed by atoms with Crippen molar-refractivity contribution in [2.75, 3.05) is 11.9 Å². The second kappa shape index (κ2) is 9.07. The average molecular weight is 429 g/mol. The first-order valence-corrected chi connectivity index (χ1v) is 11.2. The number of anilines is 1. The van der Waals surface area contributed by atoms with Crippen molar-refractivity contribution in [3.8, 4) is 0 Å². The standard InChI is InChI=1S/C26H32N6/c1-18-10-11-21(26(2,3)4)14-20(18)15-22-23-24(29-17-32(23)5)31-25(30-22)28-13-7-9-19-8-6-12-27-16-19/h6,8,10-12,14,16-17H,7,9,13,15H2,1-5H3,(H,28,30,31). The van der Waals surface area contributed by atoms with Crippen LogP contribution in [0.2, 0.25) is 0 Å². The lowest BCUT2D eigenvalue weighted by Crippen LogP contribution is -2.12. The minimum Gasteiger partial charge on any atom is -0.354 e. The number of hydrogen-bond donors (Lipinski definition) is 1. The molecule has 0 bridgehead atoms. The Kier molecular flexibility index (Phi) is 6.21. The maximum atomic E-state index is 4.91. The van der Waals surface area contributed by atoms with E-state index < -0.39 is 0 Å². The van der Waals surface area contributed by atoms with E-state index in [2.05, 4.69) is 72.2 Å². The lowest BCUT2D eigenvalue weighted by Gasteiger charge is -2.21. The Bertz CT molecular complexity index is 1200. The molecule has 0 aliphatic carbocycles. The van der Waals surface area contributed by atoms with Crippen LogP contribution in [-0.4, -0.2) is 31.0 Å². The van der Waals surface area contributed by atoms with Gasteiger partial charge >= 0.3 is 0 Å². The van der Waals surface area contributed by atoms with Gasteiger partial charge in [0.05, 0.1) is 12.0 Å². The van der Waals surface area contributed by atoms with Crippen molar-refractivity contribution in [3.05, 3.63) is 77.0 Å². The Balaban J connectivity index is 1.57. The minimum atomic E-state index is 0.108. The molecule has 0 atom stereocenters. The van der Waals surface area contributed by atoms with Gasteiger partial charge in [0.25, 0.3) is 0 Å². The first-order chi connectivity index (χ1) is 15.3. The zero-order chi connectivity index (χ0) is 22.7. The van der Waals surface area contributed by atoms with Crippen molar-refractivity contribution in [1.29, 1.82) is 0 Å². The number of hydrogen-bond acceptors (Lipinski definition) is 5. The molecule has 3 heterocycles. The summed E-state index contributed by atoms with van der Waals surface area (Å²) in [5, 5.41) is 3.40. The summed E-state index contributed by atoms with van der Waals surface area (Å²) in [5.41, 5.74) is 7.98. The van der Waals surface area contributed by atoms with Crippen LogP contribution in [-0.2, 0) is 25.3 Å². The van der Waals surface area contributed by atoms with Gasteiger partial charge in [-0.25, -0.2) is 9.97 Å². The first kappa shape index (κ1) is 21.9. The Hall–Kier alpha value is -3.28. The maximum Gasteiger partial charge on any atom is 0.225 e. The highest BCUT2D eigenvalue weighted by atomic mass is 15.2. The van der Waals surface area contributed by atoms with Crippen molar-refractivity contribution in [2.24, 2.45) is 7.05 Å². The number of nitrogens with one attached hydrogen (secondary N) is 1. The molecule has 32 heavy (non-hydrogen) atoms. The minimum absolute atomic E-state index is 0.108. The van der Waals surface area contributed by atoms with Crippen molar-refractivity contribution in [1.82, 2.24) is 24.5 Å². The van der Waals surface area contributed by atoms with Gasteiger partial charge in [-0.15, -0.1) is 0 Å². The molecule has 1 aromatic carbocycles. The summed E-state index contributed by atoms with van der Waals surface area (Å²) in [7, 11) is 2.00. The Morgan fingerprint density at radius 3 is 2.69 bits per heavy atom. The highest BCUT2D eigenvalue weighted by molar-refractivity contribution is 5.75. The summed E-state index contributed by atoms with van der Waals surface area (Å²) in [6, 6.07) is 10.9. The van der Waals surface area contributed by atoms with Crippen LogP contribution in [0.5, 0.6) is 0 Å². The fourth-order valence-electron chi connectivity index (χ4n) is 3.89. The van der Waals surface area contributed by atoms with Crippen molar-refractivity contribution >= 4 is 17.1 Å². The molecule has 4 rings (SSSR count). The molecule has 6 heteroatoms. The number of aromatic nitrogens is 5. The van der Waals surface area contributed by atoms with Crippen LogP contribution in [0.3, 0.4) is 0 Å². The normalized spacial score (nSPS) is 11.8. The topological polar surface area (TPSA) is 68.5 Å². The van der Waals surface area contributed by atoms with Crippen LogP contribution in [0.15, 0.2) is 49.1 Å². The van der Waals surface area contributed by atoms with Crippen LogP contribution < -0.4 is 5.32 Å². The zero-order valence-electron chi connectivity index (χ0n) is 19.7. The molecule has 0 aliphatic heterocycles. The van der Waals surface area contributed by atoms with E-state index in [1.165, 1.54) is 22.3 Å². The molecule has 6 nitrogen and oxygen atoms in total. The second-order valence-electron chi connectivity index (χ2n) is 9.48. The third kappa shape index (κ3) is 4.96. The molecule has 0 saturated heterocycles. The van der Waals surface area contributed by atoms with E-state index in [0.717, 1.165) is 42.7 Å². The number of imidazole rings is 1. The zero-order valence-corrected chi connectivity index (χ0v) is 19.7. The second-order valence-corrected chi connectivity index (χ2v) is 9.48. The quantitative estimate of drug-likeness (QED) is 0.420. The molecule has 0 spiro atoms. The smallest absolute Gasteiger partial charge is 0.225 e. The number of nitrogens with zero attached hydrogens (tertiary/aromatic N) is 5. The van der Waals surface area contributed by atoms with Gasteiger partial charge < -0.3 is 9.88 Å². The molecule has 166 valence electrons. The fraction of sp³-hybridized carbons (Fsp3) is 0.385. The summed E-state index contributed by atoms with van der Waals surface area (Å²) in [6.45, 7) is 9.71. The van der Waals surface area contributed by atoms with Crippen molar-refractivity contribution < 1.29 is 0 Å². The molecule has 0 fully saturated rings. The number of fused-ring (bicyclic) bond motifs is 1. The van der Waals surface area contributed by atoms with Crippen LogP contribution >= 0.6 is 0 Å². The third-order valence-corrected chi connectivity index (χ3v) is 5.86. The van der Waals surface area contributed by atoms with Gasteiger partial charge in [0, 0.05) is 32.4 Å². The number of benzene rings is 1. The third-order valence-electron chi connectivity index (χ3n) is 5.86. The molecule has 0 aliphatic rings. The summed E-state index contributed by atoms with van der Waals surface area (Å²) in [4.78, 5) is 18.2. The Morgan fingerprint density at radius 2 is 1.94 bits per heavy atom. The molecule has 0 radical (unpaired) electrons. The summed E-state index contributed by atoms with van der Waals surface area (Å²) < 4.78 is 2.01. The van der Waals surface area contributed by atoms with E-state index in [4.69, 9.17) is 4.98 Å². The SMILES string of the molecule is Cc1ccc(C(C)(C)C)cc1Cc1nc(NCCCc2cccnc2)nc2ncn(C)c12. The van der Waals surface area contributed by atoms with Gasteiger partial charge in [0.1, 0.15) is 5.52 Å². The molecular formula is C26H32N6. The number of aryl methyl sites for hydroxylation is 3. The lowest BCUT2D eigenvalue weighted by molar-refractivity contribution is 0.589. The molecule has 0 saturated carbocycles. The van der Waals surface area contributed by atoms with Crippen LogP contribution in [0, 0.1) is 6.92 Å². The molecule has 0 unspecified atom stereocenters. The van der Waals surface area contributed by atoms with Crippen molar-refractivity contribution in [2.45, 2.75) is 52.4 Å². The largest absolute Gasteiger partial charge is 0.354 e. The first-order valence-electron chi connectivity index (χ1n) is 11.2. The summed E-state index contributed by atoms with van der Waals surface area (Å²) in [6.07, 6.45) is 8.24. The maximum absolute atomic E-state index is 4.91. The number of rotatable bonds is 7. The van der Waals surface area contributed by atoms with Gasteiger partial charge in [-0.1, -0.05) is 45.0 Å². The van der Waals surface area contributed by atoms with Gasteiger partial charge in [-0.3, -0.25) is 4.98 Å². The van der Waals surface area contributed by atoms with E-state index in [9.17, 15) is 0 Å². The molecule has 3 aromatic heterocycles. The Labute approximate surface area is 190 Å². The molecular weight excluding hydrogens is 396 g/mol. The molecule has 0 amide bonds. The molecule has 4 aromatic rings. The van der Waals surface area contributed by atoms with Crippen molar-refractivity contribution in [3.63, 3.8) is 0 Å². The van der Waals surface area contributed by atoms with Crippen LogP contribution in [0.25, 0.3) is 11.2 Å². The number of pyridine rings is 1.